The van der Waals surface area contributed by atoms with Crippen molar-refractivity contribution in [1.29, 1.82) is 0 Å². The van der Waals surface area contributed by atoms with Crippen molar-refractivity contribution in [1.82, 2.24) is 10.6 Å². The topological polar surface area (TPSA) is 24.1 Å². The first-order valence-corrected chi connectivity index (χ1v) is 6.78. The third-order valence-corrected chi connectivity index (χ3v) is 4.61. The van der Waals surface area contributed by atoms with Gasteiger partial charge in [0.1, 0.15) is 0 Å². The molecule has 1 saturated carbocycles. The molecule has 1 saturated heterocycles. The second-order valence-electron chi connectivity index (χ2n) is 5.89. The maximum Gasteiger partial charge on any atom is 0.0533 e. The Labute approximate surface area is 104 Å². The monoisotopic (exact) mass is 230 g/mol. The van der Waals surface area contributed by atoms with Crippen LogP contribution in [0.3, 0.4) is 0 Å². The van der Waals surface area contributed by atoms with Crippen LogP contribution in [0.25, 0.3) is 0 Å². The molecule has 2 aliphatic rings. The summed E-state index contributed by atoms with van der Waals surface area (Å²) in [4.78, 5) is 0. The summed E-state index contributed by atoms with van der Waals surface area (Å²) in [7, 11) is 0. The normalized spacial score (nSPS) is 31.8. The summed E-state index contributed by atoms with van der Waals surface area (Å²) < 4.78 is 0. The zero-order valence-corrected chi connectivity index (χ0v) is 10.6. The maximum absolute atomic E-state index is 3.82. The largest absolute Gasteiger partial charge is 0.308 e. The first-order valence-electron chi connectivity index (χ1n) is 6.78. The molecule has 17 heavy (non-hydrogen) atoms. The highest BCUT2D eigenvalue weighted by Gasteiger charge is 2.41. The molecular weight excluding hydrogens is 208 g/mol. The van der Waals surface area contributed by atoms with E-state index in [1.165, 1.54) is 31.2 Å². The third-order valence-electron chi connectivity index (χ3n) is 4.61. The second-order valence-corrected chi connectivity index (χ2v) is 5.89. The lowest BCUT2D eigenvalue weighted by Crippen LogP contribution is -2.65. The van der Waals surface area contributed by atoms with Crippen LogP contribution in [0, 0.1) is 0 Å². The van der Waals surface area contributed by atoms with Crippen LogP contribution in [0.5, 0.6) is 0 Å². The lowest BCUT2D eigenvalue weighted by Gasteiger charge is -2.45. The number of hydrogen-bond donors (Lipinski definition) is 2. The van der Waals surface area contributed by atoms with E-state index in [1.807, 2.05) is 0 Å². The Morgan fingerprint density at radius 3 is 2.24 bits per heavy atom. The van der Waals surface area contributed by atoms with Crippen LogP contribution >= 0.6 is 0 Å². The molecule has 0 amide bonds. The zero-order valence-electron chi connectivity index (χ0n) is 10.6. The molecule has 1 aromatic rings. The minimum atomic E-state index is 0.0924. The number of hydrogen-bond acceptors (Lipinski definition) is 2. The van der Waals surface area contributed by atoms with Gasteiger partial charge in [-0.1, -0.05) is 43.2 Å². The van der Waals surface area contributed by atoms with E-state index in [4.69, 9.17) is 0 Å². The highest BCUT2D eigenvalue weighted by atomic mass is 15.2. The van der Waals surface area contributed by atoms with Crippen molar-refractivity contribution in [2.24, 2.45) is 0 Å². The van der Waals surface area contributed by atoms with Gasteiger partial charge in [0, 0.05) is 18.6 Å². The smallest absolute Gasteiger partial charge is 0.0533 e. The van der Waals surface area contributed by atoms with E-state index in [0.717, 1.165) is 13.1 Å². The average Bonchev–Trinajstić information content (AvgIpc) is 2.84. The molecule has 1 heterocycles. The van der Waals surface area contributed by atoms with Crippen molar-refractivity contribution in [2.45, 2.75) is 43.7 Å². The van der Waals surface area contributed by atoms with Gasteiger partial charge in [0.05, 0.1) is 5.54 Å². The fraction of sp³-hybridized carbons (Fsp3) is 0.600. The van der Waals surface area contributed by atoms with Gasteiger partial charge in [-0.3, -0.25) is 0 Å². The molecule has 3 rings (SSSR count). The lowest BCUT2D eigenvalue weighted by atomic mass is 9.84. The van der Waals surface area contributed by atoms with E-state index in [0.29, 0.717) is 5.54 Å². The summed E-state index contributed by atoms with van der Waals surface area (Å²) in [6.45, 7) is 4.45. The molecule has 1 atom stereocenters. The van der Waals surface area contributed by atoms with Crippen LogP contribution in [0.1, 0.15) is 38.2 Å². The van der Waals surface area contributed by atoms with Crippen LogP contribution < -0.4 is 10.6 Å². The molecule has 1 aromatic carbocycles. The predicted octanol–water partition coefficient (Wildman–Crippen LogP) is 2.41. The highest BCUT2D eigenvalue weighted by molar-refractivity contribution is 5.25. The van der Waals surface area contributed by atoms with Crippen molar-refractivity contribution in [2.75, 3.05) is 13.1 Å². The number of rotatable bonds is 1. The van der Waals surface area contributed by atoms with Crippen LogP contribution in [0.2, 0.25) is 0 Å². The van der Waals surface area contributed by atoms with Gasteiger partial charge in [-0.05, 0) is 25.3 Å². The Morgan fingerprint density at radius 2 is 1.65 bits per heavy atom. The first-order chi connectivity index (χ1) is 8.23. The van der Waals surface area contributed by atoms with Gasteiger partial charge < -0.3 is 10.6 Å². The third kappa shape index (κ3) is 2.00. The molecule has 0 radical (unpaired) electrons. The van der Waals surface area contributed by atoms with E-state index in [2.05, 4.69) is 47.9 Å². The number of piperazine rings is 1. The summed E-state index contributed by atoms with van der Waals surface area (Å²) in [5.74, 6) is 0. The van der Waals surface area contributed by atoms with E-state index < -0.39 is 0 Å². The van der Waals surface area contributed by atoms with Crippen LogP contribution in [0.4, 0.5) is 0 Å². The van der Waals surface area contributed by atoms with E-state index in [9.17, 15) is 0 Å². The van der Waals surface area contributed by atoms with Crippen molar-refractivity contribution in [3.63, 3.8) is 0 Å². The second kappa shape index (κ2) is 4.11. The quantitative estimate of drug-likeness (QED) is 0.774. The van der Waals surface area contributed by atoms with Gasteiger partial charge >= 0.3 is 0 Å². The molecule has 1 spiro atoms. The minimum Gasteiger partial charge on any atom is -0.308 e. The van der Waals surface area contributed by atoms with Crippen molar-refractivity contribution in [3.05, 3.63) is 35.9 Å². The molecule has 1 aliphatic carbocycles. The van der Waals surface area contributed by atoms with Gasteiger partial charge in [-0.15, -0.1) is 0 Å². The molecule has 0 aromatic heterocycles. The average molecular weight is 230 g/mol. The molecule has 2 heteroatoms. The standard InChI is InChI=1S/C15H22N2/c1-14(13-7-3-2-4-8-13)11-17-15(12-16-14)9-5-6-10-15/h2-4,7-8,16-17H,5-6,9-12H2,1H3. The van der Waals surface area contributed by atoms with E-state index >= 15 is 0 Å². The lowest BCUT2D eigenvalue weighted by molar-refractivity contribution is 0.181. The van der Waals surface area contributed by atoms with Gasteiger partial charge in [0.15, 0.2) is 0 Å². The fourth-order valence-electron chi connectivity index (χ4n) is 3.27. The molecule has 2 N–H and O–H groups in total. The van der Waals surface area contributed by atoms with Gasteiger partial charge in [0.2, 0.25) is 0 Å². The number of benzene rings is 1. The molecule has 1 aliphatic heterocycles. The van der Waals surface area contributed by atoms with Crippen molar-refractivity contribution >= 4 is 0 Å². The predicted molar refractivity (Wildman–Crippen MR) is 71.0 cm³/mol. The number of nitrogens with one attached hydrogen (secondary N) is 2. The Morgan fingerprint density at radius 1 is 0.941 bits per heavy atom. The summed E-state index contributed by atoms with van der Waals surface area (Å²) >= 11 is 0. The van der Waals surface area contributed by atoms with Gasteiger partial charge in [-0.25, -0.2) is 0 Å². The summed E-state index contributed by atoms with van der Waals surface area (Å²) in [6.07, 6.45) is 5.45. The SMILES string of the molecule is CC1(c2ccccc2)CNC2(CCCC2)CN1. The Bertz CT molecular complexity index is 369. The fourth-order valence-corrected chi connectivity index (χ4v) is 3.27. The minimum absolute atomic E-state index is 0.0924. The highest BCUT2D eigenvalue weighted by Crippen LogP contribution is 2.34. The summed E-state index contributed by atoms with van der Waals surface area (Å²) in [5, 5.41) is 7.60. The van der Waals surface area contributed by atoms with Crippen molar-refractivity contribution in [3.8, 4) is 0 Å². The van der Waals surface area contributed by atoms with E-state index in [1.54, 1.807) is 0 Å². The molecule has 92 valence electrons. The molecule has 2 fully saturated rings. The molecule has 1 unspecified atom stereocenters. The van der Waals surface area contributed by atoms with E-state index in [-0.39, 0.29) is 5.54 Å². The van der Waals surface area contributed by atoms with Crippen LogP contribution in [0.15, 0.2) is 30.3 Å². The summed E-state index contributed by atoms with van der Waals surface area (Å²) in [5.41, 5.74) is 1.88. The first kappa shape index (κ1) is 11.2. The van der Waals surface area contributed by atoms with Gasteiger partial charge in [0.25, 0.3) is 0 Å². The Hall–Kier alpha value is -0.860. The van der Waals surface area contributed by atoms with Gasteiger partial charge in [-0.2, -0.15) is 0 Å². The molecule has 0 bridgehead atoms. The molecular formula is C15H22N2. The van der Waals surface area contributed by atoms with Crippen LogP contribution in [-0.2, 0) is 5.54 Å². The molecule has 2 nitrogen and oxygen atoms in total. The zero-order chi connectivity index (χ0) is 11.8. The van der Waals surface area contributed by atoms with Crippen molar-refractivity contribution < 1.29 is 0 Å². The summed E-state index contributed by atoms with van der Waals surface area (Å²) in [6, 6.07) is 10.8. The maximum atomic E-state index is 3.82. The Kier molecular flexibility index (Phi) is 2.72. The van der Waals surface area contributed by atoms with Crippen LogP contribution in [-0.4, -0.2) is 18.6 Å². The Balaban J connectivity index is 1.75.